The summed E-state index contributed by atoms with van der Waals surface area (Å²) in [5, 5.41) is 7.23. The molecule has 0 fully saturated rings. The number of nitrogens with zero attached hydrogens (tertiary/aromatic N) is 2. The lowest BCUT2D eigenvalue weighted by atomic mass is 10.1. The summed E-state index contributed by atoms with van der Waals surface area (Å²) in [6.07, 6.45) is 0.887. The topological polar surface area (TPSA) is 75.9 Å². The highest BCUT2D eigenvalue weighted by molar-refractivity contribution is 6.30. The molecule has 0 atom stereocenters. The van der Waals surface area contributed by atoms with Gasteiger partial charge in [0.05, 0.1) is 5.69 Å². The number of hydrogen-bond donors (Lipinski definition) is 3. The monoisotopic (exact) mass is 275 g/mol. The molecule has 0 bridgehead atoms. The summed E-state index contributed by atoms with van der Waals surface area (Å²) in [7, 11) is 0. The number of halogens is 1. The van der Waals surface area contributed by atoms with Crippen molar-refractivity contribution >= 4 is 29.1 Å². The molecular formula is C13H14ClN5. The molecule has 4 N–H and O–H groups in total. The van der Waals surface area contributed by atoms with Crippen LogP contribution in [0, 0.1) is 0 Å². The number of aromatic nitrogens is 2. The van der Waals surface area contributed by atoms with Gasteiger partial charge < -0.3 is 16.4 Å². The predicted molar refractivity (Wildman–Crippen MR) is 76.6 cm³/mol. The standard InChI is InChI=1S/C13H14ClN5/c14-8-2-1-3-9(6-8)17-12-10-4-5-16-7-11(10)18-13(15)19-12/h1-3,6,16H,4-5,7H2,(H3,15,17,18,19). The van der Waals surface area contributed by atoms with Crippen molar-refractivity contribution in [3.63, 3.8) is 0 Å². The van der Waals surface area contributed by atoms with E-state index < -0.39 is 0 Å². The maximum atomic E-state index is 5.98. The first-order valence-corrected chi connectivity index (χ1v) is 6.49. The second-order valence-corrected chi connectivity index (χ2v) is 4.85. The van der Waals surface area contributed by atoms with Gasteiger partial charge in [0.1, 0.15) is 5.82 Å². The van der Waals surface area contributed by atoms with Gasteiger partial charge in [-0.3, -0.25) is 0 Å². The minimum atomic E-state index is 0.284. The smallest absolute Gasteiger partial charge is 0.222 e. The van der Waals surface area contributed by atoms with Gasteiger partial charge in [-0.05, 0) is 31.2 Å². The molecule has 0 saturated carbocycles. The first-order chi connectivity index (χ1) is 9.22. The molecule has 3 rings (SSSR count). The lowest BCUT2D eigenvalue weighted by molar-refractivity contribution is 0.626. The Hall–Kier alpha value is -1.85. The maximum Gasteiger partial charge on any atom is 0.222 e. The van der Waals surface area contributed by atoms with Gasteiger partial charge in [-0.2, -0.15) is 4.98 Å². The molecule has 98 valence electrons. The molecule has 2 heterocycles. The van der Waals surface area contributed by atoms with E-state index in [-0.39, 0.29) is 5.95 Å². The Morgan fingerprint density at radius 3 is 3.05 bits per heavy atom. The van der Waals surface area contributed by atoms with Gasteiger partial charge in [0, 0.05) is 22.8 Å². The highest BCUT2D eigenvalue weighted by Gasteiger charge is 2.16. The molecule has 1 aliphatic rings. The third-order valence-electron chi connectivity index (χ3n) is 3.04. The van der Waals surface area contributed by atoms with Crippen LogP contribution >= 0.6 is 11.6 Å². The van der Waals surface area contributed by atoms with Gasteiger partial charge in [0.2, 0.25) is 5.95 Å². The molecule has 2 aromatic rings. The molecule has 1 aromatic heterocycles. The van der Waals surface area contributed by atoms with Crippen LogP contribution in [0.1, 0.15) is 11.3 Å². The number of fused-ring (bicyclic) bond motifs is 1. The summed E-state index contributed by atoms with van der Waals surface area (Å²) in [6, 6.07) is 7.52. The molecule has 0 saturated heterocycles. The van der Waals surface area contributed by atoms with Gasteiger partial charge in [-0.1, -0.05) is 17.7 Å². The van der Waals surface area contributed by atoms with E-state index in [9.17, 15) is 0 Å². The zero-order chi connectivity index (χ0) is 13.2. The number of nitrogen functional groups attached to an aromatic ring is 1. The summed E-state index contributed by atoms with van der Waals surface area (Å²) >= 11 is 5.98. The van der Waals surface area contributed by atoms with Gasteiger partial charge in [-0.15, -0.1) is 0 Å². The van der Waals surface area contributed by atoms with Crippen molar-refractivity contribution in [2.75, 3.05) is 17.6 Å². The van der Waals surface area contributed by atoms with Crippen molar-refractivity contribution < 1.29 is 0 Å². The minimum Gasteiger partial charge on any atom is -0.368 e. The molecule has 6 heteroatoms. The van der Waals surface area contributed by atoms with Crippen LogP contribution in [0.15, 0.2) is 24.3 Å². The van der Waals surface area contributed by atoms with Crippen molar-refractivity contribution in [3.8, 4) is 0 Å². The summed E-state index contributed by atoms with van der Waals surface area (Å²) < 4.78 is 0. The third kappa shape index (κ3) is 2.62. The van der Waals surface area contributed by atoms with E-state index in [0.717, 1.165) is 42.3 Å². The number of nitrogens with two attached hydrogens (primary N) is 1. The Kier molecular flexibility index (Phi) is 3.23. The molecule has 0 amide bonds. The fraction of sp³-hybridized carbons (Fsp3) is 0.231. The van der Waals surface area contributed by atoms with Crippen LogP contribution < -0.4 is 16.4 Å². The Balaban J connectivity index is 1.98. The predicted octanol–water partition coefficient (Wildman–Crippen LogP) is 2.10. The van der Waals surface area contributed by atoms with Crippen LogP contribution in [0.25, 0.3) is 0 Å². The Labute approximate surface area is 116 Å². The van der Waals surface area contributed by atoms with E-state index in [1.165, 1.54) is 0 Å². The zero-order valence-electron chi connectivity index (χ0n) is 10.3. The van der Waals surface area contributed by atoms with Crippen molar-refractivity contribution in [1.82, 2.24) is 15.3 Å². The second-order valence-electron chi connectivity index (χ2n) is 4.42. The molecule has 0 spiro atoms. The third-order valence-corrected chi connectivity index (χ3v) is 3.28. The van der Waals surface area contributed by atoms with Crippen LogP contribution in [0.2, 0.25) is 5.02 Å². The average molecular weight is 276 g/mol. The second kappa shape index (κ2) is 5.03. The first-order valence-electron chi connectivity index (χ1n) is 6.11. The minimum absolute atomic E-state index is 0.284. The highest BCUT2D eigenvalue weighted by atomic mass is 35.5. The van der Waals surface area contributed by atoms with Crippen LogP contribution in [0.3, 0.4) is 0 Å². The summed E-state index contributed by atoms with van der Waals surface area (Å²) in [5.41, 5.74) is 8.72. The zero-order valence-corrected chi connectivity index (χ0v) is 11.0. The van der Waals surface area contributed by atoms with Gasteiger partial charge in [0.15, 0.2) is 0 Å². The number of rotatable bonds is 2. The molecular weight excluding hydrogens is 262 g/mol. The lowest BCUT2D eigenvalue weighted by Gasteiger charge is -2.19. The average Bonchev–Trinajstić information content (AvgIpc) is 2.38. The highest BCUT2D eigenvalue weighted by Crippen LogP contribution is 2.25. The van der Waals surface area contributed by atoms with Gasteiger partial charge >= 0.3 is 0 Å². The van der Waals surface area contributed by atoms with E-state index >= 15 is 0 Å². The summed E-state index contributed by atoms with van der Waals surface area (Å²) in [5.74, 6) is 1.05. The van der Waals surface area contributed by atoms with E-state index in [1.807, 2.05) is 24.3 Å². The molecule has 19 heavy (non-hydrogen) atoms. The van der Waals surface area contributed by atoms with Crippen molar-refractivity contribution in [2.24, 2.45) is 0 Å². The maximum absolute atomic E-state index is 5.98. The van der Waals surface area contributed by atoms with Gasteiger partial charge in [0.25, 0.3) is 0 Å². The number of anilines is 3. The summed E-state index contributed by atoms with van der Waals surface area (Å²) in [6.45, 7) is 1.65. The molecule has 0 unspecified atom stereocenters. The lowest BCUT2D eigenvalue weighted by Crippen LogP contribution is -2.26. The Morgan fingerprint density at radius 1 is 1.32 bits per heavy atom. The molecule has 5 nitrogen and oxygen atoms in total. The fourth-order valence-electron chi connectivity index (χ4n) is 2.18. The molecule has 0 radical (unpaired) electrons. The number of nitrogens with one attached hydrogen (secondary N) is 2. The normalized spacial score (nSPS) is 13.9. The Bertz CT molecular complexity index is 614. The first kappa shape index (κ1) is 12.2. The fourth-order valence-corrected chi connectivity index (χ4v) is 2.38. The van der Waals surface area contributed by atoms with E-state index in [2.05, 4.69) is 20.6 Å². The molecule has 1 aliphatic heterocycles. The van der Waals surface area contributed by atoms with Crippen LogP contribution in [0.4, 0.5) is 17.5 Å². The number of benzene rings is 1. The van der Waals surface area contributed by atoms with Crippen LogP contribution in [-0.4, -0.2) is 16.5 Å². The summed E-state index contributed by atoms with van der Waals surface area (Å²) in [4.78, 5) is 8.57. The Morgan fingerprint density at radius 2 is 2.21 bits per heavy atom. The largest absolute Gasteiger partial charge is 0.368 e. The van der Waals surface area contributed by atoms with Crippen molar-refractivity contribution in [3.05, 3.63) is 40.5 Å². The van der Waals surface area contributed by atoms with Crippen molar-refractivity contribution in [2.45, 2.75) is 13.0 Å². The van der Waals surface area contributed by atoms with Gasteiger partial charge in [-0.25, -0.2) is 4.98 Å². The van der Waals surface area contributed by atoms with E-state index in [0.29, 0.717) is 5.02 Å². The quantitative estimate of drug-likeness (QED) is 0.783. The SMILES string of the molecule is Nc1nc2c(c(Nc3cccc(Cl)c3)n1)CCNC2. The van der Waals surface area contributed by atoms with E-state index in [1.54, 1.807) is 0 Å². The molecule has 1 aromatic carbocycles. The van der Waals surface area contributed by atoms with Crippen LogP contribution in [-0.2, 0) is 13.0 Å². The van der Waals surface area contributed by atoms with E-state index in [4.69, 9.17) is 17.3 Å². The molecule has 0 aliphatic carbocycles. The van der Waals surface area contributed by atoms with Crippen molar-refractivity contribution in [1.29, 1.82) is 0 Å². The van der Waals surface area contributed by atoms with Crippen LogP contribution in [0.5, 0.6) is 0 Å². The number of hydrogen-bond acceptors (Lipinski definition) is 5.